The second-order valence-corrected chi connectivity index (χ2v) is 7.45. The second kappa shape index (κ2) is 7.33. The lowest BCUT2D eigenvalue weighted by Gasteiger charge is -2.10. The fraction of sp³-hybridized carbons (Fsp3) is 0.571. The summed E-state index contributed by atoms with van der Waals surface area (Å²) in [6.45, 7) is 0.883. The molecule has 0 unspecified atom stereocenters. The molecule has 5 nitrogen and oxygen atoms in total. The van der Waals surface area contributed by atoms with E-state index in [1.165, 1.54) is 20.0 Å². The molecular weight excluding hydrogens is 312 g/mol. The lowest BCUT2D eigenvalue weighted by Crippen LogP contribution is -2.20. The third-order valence-electron chi connectivity index (χ3n) is 3.28. The number of halogens is 1. The Kier molecular flexibility index (Phi) is 5.72. The molecule has 0 atom stereocenters. The zero-order valence-electron chi connectivity index (χ0n) is 12.1. The number of ether oxygens (including phenoxy) is 1. The molecule has 1 fully saturated rings. The highest BCUT2D eigenvalue weighted by atomic mass is 35.5. The summed E-state index contributed by atoms with van der Waals surface area (Å²) in [5.74, 6) is 0.633. The molecule has 1 aromatic rings. The Balaban J connectivity index is 1.77. The number of hydrogen-bond acceptors (Lipinski definition) is 4. The van der Waals surface area contributed by atoms with E-state index in [9.17, 15) is 8.42 Å². The van der Waals surface area contributed by atoms with Gasteiger partial charge < -0.3 is 10.1 Å². The van der Waals surface area contributed by atoms with Crippen LogP contribution < -0.4 is 14.8 Å². The minimum Gasteiger partial charge on any atom is -0.495 e. The van der Waals surface area contributed by atoms with E-state index in [0.717, 1.165) is 13.0 Å². The monoisotopic (exact) mass is 332 g/mol. The maximum absolute atomic E-state index is 12.0. The summed E-state index contributed by atoms with van der Waals surface area (Å²) in [7, 11) is -1.82. The number of methoxy groups -OCH3 is 1. The van der Waals surface area contributed by atoms with Crippen LogP contribution in [0.2, 0.25) is 5.02 Å². The molecular formula is C14H21ClN2O3S. The van der Waals surface area contributed by atoms with E-state index in [4.69, 9.17) is 16.3 Å². The summed E-state index contributed by atoms with van der Waals surface area (Å²) in [5.41, 5.74) is 0.455. The Morgan fingerprint density at radius 2 is 2.10 bits per heavy atom. The van der Waals surface area contributed by atoms with Crippen LogP contribution in [0.1, 0.15) is 25.7 Å². The maximum Gasteiger partial charge on any atom is 0.232 e. The van der Waals surface area contributed by atoms with Crippen LogP contribution in [0, 0.1) is 0 Å². The SMILES string of the molecule is COc1ccc(NS(=O)(=O)CCCCNC2CC2)cc1Cl. The van der Waals surface area contributed by atoms with Gasteiger partial charge in [-0.2, -0.15) is 0 Å². The maximum atomic E-state index is 12.0. The first kappa shape index (κ1) is 16.4. The molecule has 1 aliphatic rings. The first-order valence-corrected chi connectivity index (χ1v) is 9.10. The highest BCUT2D eigenvalue weighted by molar-refractivity contribution is 7.92. The largest absolute Gasteiger partial charge is 0.495 e. The van der Waals surface area contributed by atoms with Crippen LogP contribution in [-0.2, 0) is 10.0 Å². The van der Waals surface area contributed by atoms with Gasteiger partial charge in [0.2, 0.25) is 10.0 Å². The standard InChI is InChI=1S/C14H21ClN2O3S/c1-20-14-7-6-12(10-13(14)15)17-21(18,19)9-3-2-8-16-11-4-5-11/h6-7,10-11,16-17H,2-5,8-9H2,1H3. The Hall–Kier alpha value is -0.980. The number of nitrogens with one attached hydrogen (secondary N) is 2. The average molecular weight is 333 g/mol. The van der Waals surface area contributed by atoms with Crippen LogP contribution in [-0.4, -0.2) is 33.9 Å². The molecule has 1 aromatic carbocycles. The Morgan fingerprint density at radius 3 is 2.71 bits per heavy atom. The van der Waals surface area contributed by atoms with Crippen molar-refractivity contribution < 1.29 is 13.2 Å². The number of unbranched alkanes of at least 4 members (excludes halogenated alkanes) is 1. The van der Waals surface area contributed by atoms with Crippen molar-refractivity contribution in [2.45, 2.75) is 31.7 Å². The summed E-state index contributed by atoms with van der Waals surface area (Å²) < 4.78 is 31.5. The number of anilines is 1. The molecule has 0 spiro atoms. The van der Waals surface area contributed by atoms with Crippen LogP contribution in [0.3, 0.4) is 0 Å². The molecule has 0 bridgehead atoms. The van der Waals surface area contributed by atoms with Gasteiger partial charge in [0.05, 0.1) is 23.6 Å². The molecule has 0 heterocycles. The molecule has 1 saturated carbocycles. The number of rotatable bonds is 9. The van der Waals surface area contributed by atoms with E-state index in [1.54, 1.807) is 18.2 Å². The van der Waals surface area contributed by atoms with E-state index >= 15 is 0 Å². The van der Waals surface area contributed by atoms with Crippen molar-refractivity contribution in [3.8, 4) is 5.75 Å². The van der Waals surface area contributed by atoms with E-state index < -0.39 is 10.0 Å². The van der Waals surface area contributed by atoms with Gasteiger partial charge in [0.1, 0.15) is 5.75 Å². The van der Waals surface area contributed by atoms with Gasteiger partial charge in [-0.25, -0.2) is 8.42 Å². The first-order chi connectivity index (χ1) is 10.00. The molecule has 7 heteroatoms. The third kappa shape index (κ3) is 5.73. The average Bonchev–Trinajstić information content (AvgIpc) is 3.22. The Bertz CT molecular complexity index is 574. The third-order valence-corrected chi connectivity index (χ3v) is 4.94. The topological polar surface area (TPSA) is 67.4 Å². The lowest BCUT2D eigenvalue weighted by molar-refractivity contribution is 0.415. The lowest BCUT2D eigenvalue weighted by atomic mass is 10.3. The van der Waals surface area contributed by atoms with Crippen molar-refractivity contribution in [2.24, 2.45) is 0 Å². The zero-order chi connectivity index (χ0) is 15.3. The van der Waals surface area contributed by atoms with Gasteiger partial charge in [-0.3, -0.25) is 4.72 Å². The number of hydrogen-bond donors (Lipinski definition) is 2. The van der Waals surface area contributed by atoms with E-state index in [2.05, 4.69) is 10.0 Å². The number of benzene rings is 1. The van der Waals surface area contributed by atoms with Crippen LogP contribution in [0.4, 0.5) is 5.69 Å². The smallest absolute Gasteiger partial charge is 0.232 e. The van der Waals surface area contributed by atoms with Crippen LogP contribution >= 0.6 is 11.6 Å². The molecule has 0 radical (unpaired) electrons. The zero-order valence-corrected chi connectivity index (χ0v) is 13.6. The van der Waals surface area contributed by atoms with Gasteiger partial charge in [-0.15, -0.1) is 0 Å². The highest BCUT2D eigenvalue weighted by Gasteiger charge is 2.19. The molecule has 2 rings (SSSR count). The predicted octanol–water partition coefficient (Wildman–Crippen LogP) is 2.62. The first-order valence-electron chi connectivity index (χ1n) is 7.07. The molecule has 0 aromatic heterocycles. The van der Waals surface area contributed by atoms with Crippen LogP contribution in [0.5, 0.6) is 5.75 Å². The van der Waals surface area contributed by atoms with Gasteiger partial charge in [-0.1, -0.05) is 11.6 Å². The molecule has 1 aliphatic carbocycles. The molecule has 0 amide bonds. The summed E-state index contributed by atoms with van der Waals surface area (Å²) in [4.78, 5) is 0. The van der Waals surface area contributed by atoms with Crippen LogP contribution in [0.25, 0.3) is 0 Å². The summed E-state index contributed by atoms with van der Waals surface area (Å²) >= 11 is 5.97. The quantitative estimate of drug-likeness (QED) is 0.682. The van der Waals surface area contributed by atoms with Gasteiger partial charge in [-0.05, 0) is 50.4 Å². The molecule has 0 saturated heterocycles. The fourth-order valence-corrected chi connectivity index (χ4v) is 3.40. The predicted molar refractivity (Wildman–Crippen MR) is 85.7 cm³/mol. The van der Waals surface area contributed by atoms with Crippen molar-refractivity contribution in [1.82, 2.24) is 5.32 Å². The van der Waals surface area contributed by atoms with E-state index in [-0.39, 0.29) is 5.75 Å². The van der Waals surface area contributed by atoms with Gasteiger partial charge >= 0.3 is 0 Å². The summed E-state index contributed by atoms with van der Waals surface area (Å²) in [5, 5.41) is 3.75. The molecule has 21 heavy (non-hydrogen) atoms. The van der Waals surface area contributed by atoms with E-state index in [0.29, 0.717) is 28.9 Å². The Labute approximate surface area is 131 Å². The van der Waals surface area contributed by atoms with Gasteiger partial charge in [0.15, 0.2) is 0 Å². The molecule has 2 N–H and O–H groups in total. The van der Waals surface area contributed by atoms with Crippen molar-refractivity contribution >= 4 is 27.3 Å². The minimum absolute atomic E-state index is 0.114. The van der Waals surface area contributed by atoms with Crippen molar-refractivity contribution in [3.63, 3.8) is 0 Å². The normalized spacial score (nSPS) is 15.0. The minimum atomic E-state index is -3.33. The fourth-order valence-electron chi connectivity index (χ4n) is 1.97. The van der Waals surface area contributed by atoms with Crippen molar-refractivity contribution in [2.75, 3.05) is 24.1 Å². The van der Waals surface area contributed by atoms with Crippen LogP contribution in [0.15, 0.2) is 18.2 Å². The molecule has 118 valence electrons. The summed E-state index contributed by atoms with van der Waals surface area (Å²) in [6, 6.07) is 5.49. The van der Waals surface area contributed by atoms with Crippen molar-refractivity contribution in [1.29, 1.82) is 0 Å². The van der Waals surface area contributed by atoms with Gasteiger partial charge in [0, 0.05) is 6.04 Å². The number of sulfonamides is 1. The second-order valence-electron chi connectivity index (χ2n) is 5.21. The summed E-state index contributed by atoms with van der Waals surface area (Å²) in [6.07, 6.45) is 4.00. The van der Waals surface area contributed by atoms with E-state index in [1.807, 2.05) is 0 Å². The highest BCUT2D eigenvalue weighted by Crippen LogP contribution is 2.27. The Morgan fingerprint density at radius 1 is 1.33 bits per heavy atom. The molecule has 0 aliphatic heterocycles. The van der Waals surface area contributed by atoms with Crippen molar-refractivity contribution in [3.05, 3.63) is 23.2 Å². The van der Waals surface area contributed by atoms with Gasteiger partial charge in [0.25, 0.3) is 0 Å².